The highest BCUT2D eigenvalue weighted by molar-refractivity contribution is 6.39. The number of hydrazone groups is 1. The van der Waals surface area contributed by atoms with Crippen molar-refractivity contribution in [2.45, 2.75) is 20.8 Å². The standard InChI is InChI=1S/C19H21N3O3/c1-4-25-16-11-6-5-10-15(16)12-20-22-19(24)18(23)21-17-13(2)8-7-9-14(17)3/h5-12H,4H2,1-3H3,(H,21,23)(H,22,24). The number of rotatable bonds is 5. The average molecular weight is 339 g/mol. The van der Waals surface area contributed by atoms with Crippen molar-refractivity contribution in [1.29, 1.82) is 0 Å². The summed E-state index contributed by atoms with van der Waals surface area (Å²) in [5.41, 5.74) is 5.33. The minimum atomic E-state index is -0.840. The molecule has 6 heteroatoms. The minimum Gasteiger partial charge on any atom is -0.493 e. The number of nitrogens with one attached hydrogen (secondary N) is 2. The van der Waals surface area contributed by atoms with Gasteiger partial charge in [0, 0.05) is 11.3 Å². The van der Waals surface area contributed by atoms with E-state index < -0.39 is 11.8 Å². The van der Waals surface area contributed by atoms with Crippen LogP contribution in [0.5, 0.6) is 5.75 Å². The van der Waals surface area contributed by atoms with Gasteiger partial charge in [0.25, 0.3) is 0 Å². The van der Waals surface area contributed by atoms with E-state index in [1.54, 1.807) is 12.1 Å². The zero-order valence-corrected chi connectivity index (χ0v) is 14.5. The first kappa shape index (κ1) is 18.2. The first-order valence-electron chi connectivity index (χ1n) is 7.95. The van der Waals surface area contributed by atoms with Crippen LogP contribution in [0.2, 0.25) is 0 Å². The van der Waals surface area contributed by atoms with Gasteiger partial charge in [0.1, 0.15) is 5.75 Å². The van der Waals surface area contributed by atoms with Gasteiger partial charge in [-0.05, 0) is 44.0 Å². The maximum absolute atomic E-state index is 12.0. The SMILES string of the molecule is CCOc1ccccc1C=NNC(=O)C(=O)Nc1c(C)cccc1C. The van der Waals surface area contributed by atoms with Crippen LogP contribution < -0.4 is 15.5 Å². The Balaban J connectivity index is 1.99. The van der Waals surface area contributed by atoms with Crippen molar-refractivity contribution in [3.05, 3.63) is 59.2 Å². The Morgan fingerprint density at radius 2 is 1.72 bits per heavy atom. The quantitative estimate of drug-likeness (QED) is 0.499. The largest absolute Gasteiger partial charge is 0.493 e. The van der Waals surface area contributed by atoms with Crippen LogP contribution in [0.3, 0.4) is 0 Å². The van der Waals surface area contributed by atoms with Gasteiger partial charge in [-0.15, -0.1) is 0 Å². The number of hydrogen-bond acceptors (Lipinski definition) is 4. The molecule has 0 unspecified atom stereocenters. The predicted molar refractivity (Wildman–Crippen MR) is 97.9 cm³/mol. The van der Waals surface area contributed by atoms with Gasteiger partial charge in [0.05, 0.1) is 12.8 Å². The monoisotopic (exact) mass is 339 g/mol. The van der Waals surface area contributed by atoms with Gasteiger partial charge >= 0.3 is 11.8 Å². The molecule has 2 N–H and O–H groups in total. The Morgan fingerprint density at radius 3 is 2.40 bits per heavy atom. The van der Waals surface area contributed by atoms with Gasteiger partial charge in [-0.3, -0.25) is 9.59 Å². The van der Waals surface area contributed by atoms with E-state index in [1.807, 2.05) is 51.1 Å². The molecule has 0 bridgehead atoms. The molecule has 6 nitrogen and oxygen atoms in total. The van der Waals surface area contributed by atoms with Crippen molar-refractivity contribution in [3.63, 3.8) is 0 Å². The number of benzene rings is 2. The van der Waals surface area contributed by atoms with Gasteiger partial charge in [-0.25, -0.2) is 5.43 Å². The number of carbonyl (C=O) groups excluding carboxylic acids is 2. The molecule has 0 aromatic heterocycles. The van der Waals surface area contributed by atoms with Gasteiger partial charge in [-0.1, -0.05) is 30.3 Å². The van der Waals surface area contributed by atoms with Crippen molar-refractivity contribution in [1.82, 2.24) is 5.43 Å². The van der Waals surface area contributed by atoms with Crippen molar-refractivity contribution in [2.24, 2.45) is 5.10 Å². The second-order valence-corrected chi connectivity index (χ2v) is 5.39. The predicted octanol–water partition coefficient (Wildman–Crippen LogP) is 2.79. The fourth-order valence-corrected chi connectivity index (χ4v) is 2.27. The first-order valence-corrected chi connectivity index (χ1v) is 7.95. The molecule has 0 radical (unpaired) electrons. The van der Waals surface area contributed by atoms with Gasteiger partial charge < -0.3 is 10.1 Å². The zero-order chi connectivity index (χ0) is 18.2. The number of nitrogens with zero attached hydrogens (tertiary/aromatic N) is 1. The van der Waals surface area contributed by atoms with Crippen molar-refractivity contribution < 1.29 is 14.3 Å². The van der Waals surface area contributed by atoms with E-state index in [9.17, 15) is 9.59 Å². The summed E-state index contributed by atoms with van der Waals surface area (Å²) in [4.78, 5) is 23.9. The van der Waals surface area contributed by atoms with E-state index in [0.717, 1.165) is 11.1 Å². The third-order valence-corrected chi connectivity index (χ3v) is 3.51. The van der Waals surface area contributed by atoms with Crippen LogP contribution >= 0.6 is 0 Å². The Bertz CT molecular complexity index is 780. The Morgan fingerprint density at radius 1 is 1.04 bits per heavy atom. The summed E-state index contributed by atoms with van der Waals surface area (Å²) in [5.74, 6) is -0.955. The molecule has 0 saturated carbocycles. The Hall–Kier alpha value is -3.15. The summed E-state index contributed by atoms with van der Waals surface area (Å²) in [5, 5.41) is 6.44. The fraction of sp³-hybridized carbons (Fsp3) is 0.211. The molecule has 25 heavy (non-hydrogen) atoms. The lowest BCUT2D eigenvalue weighted by Gasteiger charge is -2.10. The summed E-state index contributed by atoms with van der Waals surface area (Å²) < 4.78 is 5.46. The van der Waals surface area contributed by atoms with Crippen LogP contribution in [0.15, 0.2) is 47.6 Å². The zero-order valence-electron chi connectivity index (χ0n) is 14.5. The van der Waals surface area contributed by atoms with Gasteiger partial charge in [-0.2, -0.15) is 5.10 Å². The summed E-state index contributed by atoms with van der Waals surface area (Å²) in [6.07, 6.45) is 1.44. The molecular weight excluding hydrogens is 318 g/mol. The minimum absolute atomic E-state index is 0.523. The van der Waals surface area contributed by atoms with Crippen molar-refractivity contribution in [3.8, 4) is 5.75 Å². The molecule has 2 amide bonds. The van der Waals surface area contributed by atoms with E-state index in [2.05, 4.69) is 15.8 Å². The van der Waals surface area contributed by atoms with E-state index in [-0.39, 0.29) is 0 Å². The lowest BCUT2D eigenvalue weighted by molar-refractivity contribution is -0.136. The highest BCUT2D eigenvalue weighted by Crippen LogP contribution is 2.19. The first-order chi connectivity index (χ1) is 12.0. The van der Waals surface area contributed by atoms with Crippen LogP contribution in [-0.2, 0) is 9.59 Å². The molecule has 2 aromatic carbocycles. The summed E-state index contributed by atoms with van der Waals surface area (Å²) >= 11 is 0. The van der Waals surface area contributed by atoms with E-state index in [4.69, 9.17) is 4.74 Å². The summed E-state index contributed by atoms with van der Waals surface area (Å²) in [6, 6.07) is 12.9. The van der Waals surface area contributed by atoms with Crippen LogP contribution in [0.1, 0.15) is 23.6 Å². The molecule has 130 valence electrons. The lowest BCUT2D eigenvalue weighted by Crippen LogP contribution is -2.32. The van der Waals surface area contributed by atoms with Gasteiger partial charge in [0.15, 0.2) is 0 Å². The number of amides is 2. The average Bonchev–Trinajstić information content (AvgIpc) is 2.59. The molecule has 0 aliphatic rings. The molecule has 0 aliphatic carbocycles. The summed E-state index contributed by atoms with van der Waals surface area (Å²) in [6.45, 7) is 6.13. The number of aryl methyl sites for hydroxylation is 2. The van der Waals surface area contributed by atoms with Crippen LogP contribution in [0, 0.1) is 13.8 Å². The topological polar surface area (TPSA) is 79.8 Å². The molecule has 0 fully saturated rings. The van der Waals surface area contributed by atoms with E-state index in [0.29, 0.717) is 23.6 Å². The maximum atomic E-state index is 12.0. The molecule has 0 aliphatic heterocycles. The van der Waals surface area contributed by atoms with Crippen LogP contribution in [0.25, 0.3) is 0 Å². The molecule has 2 aromatic rings. The number of para-hydroxylation sites is 2. The molecule has 0 spiro atoms. The smallest absolute Gasteiger partial charge is 0.329 e. The third kappa shape index (κ3) is 4.91. The van der Waals surface area contributed by atoms with E-state index in [1.165, 1.54) is 6.21 Å². The van der Waals surface area contributed by atoms with Gasteiger partial charge in [0.2, 0.25) is 0 Å². The highest BCUT2D eigenvalue weighted by Gasteiger charge is 2.15. The lowest BCUT2D eigenvalue weighted by atomic mass is 10.1. The Kier molecular flexibility index (Phi) is 6.28. The molecular formula is C19H21N3O3. The molecule has 0 saturated heterocycles. The number of carbonyl (C=O) groups is 2. The number of ether oxygens (including phenoxy) is 1. The molecule has 0 heterocycles. The van der Waals surface area contributed by atoms with Crippen LogP contribution in [0.4, 0.5) is 5.69 Å². The molecule has 2 rings (SSSR count). The second kappa shape index (κ2) is 8.63. The Labute approximate surface area is 146 Å². The number of hydrogen-bond donors (Lipinski definition) is 2. The van der Waals surface area contributed by atoms with Crippen molar-refractivity contribution >= 4 is 23.7 Å². The number of anilines is 1. The highest BCUT2D eigenvalue weighted by atomic mass is 16.5. The van der Waals surface area contributed by atoms with Crippen molar-refractivity contribution in [2.75, 3.05) is 11.9 Å². The molecule has 0 atom stereocenters. The fourth-order valence-electron chi connectivity index (χ4n) is 2.27. The van der Waals surface area contributed by atoms with E-state index >= 15 is 0 Å². The third-order valence-electron chi connectivity index (χ3n) is 3.51. The maximum Gasteiger partial charge on any atom is 0.329 e. The second-order valence-electron chi connectivity index (χ2n) is 5.39. The summed E-state index contributed by atoms with van der Waals surface area (Å²) in [7, 11) is 0. The normalized spacial score (nSPS) is 10.5. The van der Waals surface area contributed by atoms with Crippen LogP contribution in [-0.4, -0.2) is 24.6 Å².